The number of aromatic nitrogens is 5. The van der Waals surface area contributed by atoms with Crippen LogP contribution in [0.3, 0.4) is 0 Å². The molecule has 1 saturated heterocycles. The van der Waals surface area contributed by atoms with Crippen molar-refractivity contribution >= 4 is 28.9 Å². The Morgan fingerprint density at radius 2 is 2.03 bits per heavy atom. The minimum Gasteiger partial charge on any atom is -0.383 e. The van der Waals surface area contributed by atoms with Crippen LogP contribution < -0.4 is 16.0 Å². The number of aromatic amines is 1. The van der Waals surface area contributed by atoms with Crippen molar-refractivity contribution in [2.45, 2.75) is 25.3 Å². The van der Waals surface area contributed by atoms with Crippen LogP contribution in [0.25, 0.3) is 21.8 Å². The minimum absolute atomic E-state index is 0.410. The molecule has 4 aromatic rings. The molecule has 2 fully saturated rings. The summed E-state index contributed by atoms with van der Waals surface area (Å²) in [6.45, 7) is 4.07. The molecule has 6 rings (SSSR count). The first-order chi connectivity index (χ1) is 16.6. The van der Waals surface area contributed by atoms with Crippen LogP contribution in [0.2, 0.25) is 0 Å². The predicted octanol–water partition coefficient (Wildman–Crippen LogP) is 3.41. The van der Waals surface area contributed by atoms with Gasteiger partial charge in [-0.25, -0.2) is 0 Å². The molecule has 0 amide bonds. The summed E-state index contributed by atoms with van der Waals surface area (Å²) in [6.07, 6.45) is 2.41. The van der Waals surface area contributed by atoms with E-state index in [1.165, 1.54) is 12.8 Å². The Morgan fingerprint density at radius 1 is 1.18 bits per heavy atom. The average molecular weight is 478 g/mol. The monoisotopic (exact) mass is 477 g/mol. The second-order valence-corrected chi connectivity index (χ2v) is 9.86. The topological polar surface area (TPSA) is 125 Å². The molecule has 1 saturated carbocycles. The number of hydrogen-bond donors (Lipinski definition) is 3. The summed E-state index contributed by atoms with van der Waals surface area (Å²) in [4.78, 5) is 15.1. The van der Waals surface area contributed by atoms with Crippen LogP contribution in [0.1, 0.15) is 30.2 Å². The number of hydrogen-bond acceptors (Lipinski definition) is 10. The molecule has 34 heavy (non-hydrogen) atoms. The number of H-pyrrole nitrogens is 1. The van der Waals surface area contributed by atoms with Crippen molar-refractivity contribution in [1.29, 1.82) is 0 Å². The summed E-state index contributed by atoms with van der Waals surface area (Å²) < 4.78 is 5.50. The number of nitrogens with zero attached hydrogens (tertiary/aromatic N) is 6. The Morgan fingerprint density at radius 3 is 2.79 bits per heavy atom. The fraction of sp³-hybridized carbons (Fsp3) is 0.391. The van der Waals surface area contributed by atoms with Crippen molar-refractivity contribution in [3.8, 4) is 21.8 Å². The van der Waals surface area contributed by atoms with Gasteiger partial charge in [-0.3, -0.25) is 5.10 Å². The van der Waals surface area contributed by atoms with E-state index in [1.807, 2.05) is 23.6 Å². The fourth-order valence-electron chi connectivity index (χ4n) is 4.21. The molecule has 0 aromatic carbocycles. The Hall–Kier alpha value is -3.44. The normalized spacial score (nSPS) is 16.8. The van der Waals surface area contributed by atoms with Crippen molar-refractivity contribution in [2.24, 2.45) is 0 Å². The Balaban J connectivity index is 1.28. The quantitative estimate of drug-likeness (QED) is 0.367. The standard InChI is InChI=1S/C23H27N9OS/c1-31-6-8-32(9-7-31)22-20(18-12-16(28-29-18)14-4-5-14)21(24)26-23(27-22)25-13-15-11-17(30-33-15)19-3-2-10-34-19/h2-3,10-12,14H,4-9,13H2,1H3,(H,28,29)(H3,24,25,26,27). The van der Waals surface area contributed by atoms with Gasteiger partial charge < -0.3 is 25.4 Å². The number of thiophene rings is 1. The van der Waals surface area contributed by atoms with E-state index in [-0.39, 0.29) is 0 Å². The van der Waals surface area contributed by atoms with E-state index in [9.17, 15) is 0 Å². The zero-order valence-corrected chi connectivity index (χ0v) is 19.8. The number of anilines is 3. The minimum atomic E-state index is 0.410. The molecule has 0 spiro atoms. The van der Waals surface area contributed by atoms with Gasteiger partial charge in [-0.2, -0.15) is 15.1 Å². The molecule has 1 aliphatic carbocycles. The van der Waals surface area contributed by atoms with Gasteiger partial charge in [0.2, 0.25) is 5.95 Å². The van der Waals surface area contributed by atoms with Crippen LogP contribution >= 0.6 is 11.3 Å². The molecule has 1 aliphatic heterocycles. The van der Waals surface area contributed by atoms with Gasteiger partial charge in [0, 0.05) is 43.9 Å². The lowest BCUT2D eigenvalue weighted by Gasteiger charge is -2.34. The maximum Gasteiger partial charge on any atom is 0.227 e. The smallest absolute Gasteiger partial charge is 0.227 e. The van der Waals surface area contributed by atoms with Gasteiger partial charge in [0.05, 0.1) is 22.7 Å². The van der Waals surface area contributed by atoms with Crippen molar-refractivity contribution in [3.05, 3.63) is 41.1 Å². The van der Waals surface area contributed by atoms with E-state index in [4.69, 9.17) is 15.2 Å². The van der Waals surface area contributed by atoms with Gasteiger partial charge in [0.25, 0.3) is 0 Å². The summed E-state index contributed by atoms with van der Waals surface area (Å²) >= 11 is 1.63. The van der Waals surface area contributed by atoms with Crippen molar-refractivity contribution in [2.75, 3.05) is 49.2 Å². The molecule has 0 unspecified atom stereocenters. The second kappa shape index (κ2) is 8.73. The largest absolute Gasteiger partial charge is 0.383 e. The van der Waals surface area contributed by atoms with Gasteiger partial charge in [0.1, 0.15) is 17.3 Å². The van der Waals surface area contributed by atoms with Crippen molar-refractivity contribution in [3.63, 3.8) is 0 Å². The fourth-order valence-corrected chi connectivity index (χ4v) is 4.89. The van der Waals surface area contributed by atoms with Crippen LogP contribution in [0.15, 0.2) is 34.2 Å². The van der Waals surface area contributed by atoms with E-state index in [2.05, 4.69) is 48.6 Å². The summed E-state index contributed by atoms with van der Waals surface area (Å²) in [5.74, 6) is 2.97. The molecule has 0 bridgehead atoms. The van der Waals surface area contributed by atoms with Crippen molar-refractivity contribution < 1.29 is 4.52 Å². The molecule has 2 aliphatic rings. The zero-order chi connectivity index (χ0) is 23.1. The first-order valence-corrected chi connectivity index (χ1v) is 12.4. The van der Waals surface area contributed by atoms with Crippen molar-refractivity contribution in [1.82, 2.24) is 30.2 Å². The van der Waals surface area contributed by atoms with E-state index >= 15 is 0 Å². The molecule has 0 radical (unpaired) electrons. The second-order valence-electron chi connectivity index (χ2n) is 8.91. The number of rotatable bonds is 7. The number of nitrogen functional groups attached to an aromatic ring is 1. The molecular weight excluding hydrogens is 450 g/mol. The SMILES string of the molecule is CN1CCN(c2nc(NCc3cc(-c4cccs4)no3)nc(N)c2-c2cc(C3CC3)[nH]n2)CC1. The lowest BCUT2D eigenvalue weighted by atomic mass is 10.1. The van der Waals surface area contributed by atoms with E-state index in [1.54, 1.807) is 11.3 Å². The van der Waals surface area contributed by atoms with Gasteiger partial charge in [-0.05, 0) is 37.4 Å². The third-order valence-electron chi connectivity index (χ3n) is 6.35. The van der Waals surface area contributed by atoms with E-state index in [0.717, 1.165) is 59.5 Å². The summed E-state index contributed by atoms with van der Waals surface area (Å²) in [5, 5.41) is 17.2. The molecule has 11 heteroatoms. The Labute approximate surface area is 201 Å². The van der Waals surface area contributed by atoms with E-state index in [0.29, 0.717) is 30.0 Å². The third-order valence-corrected chi connectivity index (χ3v) is 7.24. The highest BCUT2D eigenvalue weighted by atomic mass is 32.1. The number of nitrogens with one attached hydrogen (secondary N) is 2. The van der Waals surface area contributed by atoms with Gasteiger partial charge in [-0.1, -0.05) is 11.2 Å². The molecule has 10 nitrogen and oxygen atoms in total. The van der Waals surface area contributed by atoms with E-state index < -0.39 is 0 Å². The lowest BCUT2D eigenvalue weighted by molar-refractivity contribution is 0.312. The van der Waals surface area contributed by atoms with Gasteiger partial charge in [0.15, 0.2) is 5.76 Å². The predicted molar refractivity (Wildman–Crippen MR) is 133 cm³/mol. The molecule has 0 atom stereocenters. The summed E-state index contributed by atoms with van der Waals surface area (Å²) in [6, 6.07) is 8.05. The number of piperazine rings is 1. The first kappa shape index (κ1) is 21.1. The maximum atomic E-state index is 6.51. The number of nitrogens with two attached hydrogens (primary N) is 1. The summed E-state index contributed by atoms with van der Waals surface area (Å²) in [5.41, 5.74) is 10.1. The maximum absolute atomic E-state index is 6.51. The highest BCUT2D eigenvalue weighted by Gasteiger charge is 2.28. The highest BCUT2D eigenvalue weighted by Crippen LogP contribution is 2.41. The zero-order valence-electron chi connectivity index (χ0n) is 19.0. The molecular formula is C23H27N9OS. The van der Waals surface area contributed by atoms with Gasteiger partial charge in [-0.15, -0.1) is 11.3 Å². The lowest BCUT2D eigenvalue weighted by Crippen LogP contribution is -2.45. The molecule has 4 N–H and O–H groups in total. The van der Waals surface area contributed by atoms with Crippen LogP contribution in [0.5, 0.6) is 0 Å². The van der Waals surface area contributed by atoms with Gasteiger partial charge >= 0.3 is 0 Å². The van der Waals surface area contributed by atoms with Crippen LogP contribution in [-0.2, 0) is 6.54 Å². The van der Waals surface area contributed by atoms with Crippen LogP contribution in [0, 0.1) is 0 Å². The summed E-state index contributed by atoms with van der Waals surface area (Å²) in [7, 11) is 2.14. The van der Waals surface area contributed by atoms with Crippen LogP contribution in [-0.4, -0.2) is 63.4 Å². The first-order valence-electron chi connectivity index (χ1n) is 11.5. The Kier molecular flexibility index (Phi) is 5.42. The Bertz CT molecular complexity index is 1270. The molecule has 176 valence electrons. The average Bonchev–Trinajstić information content (AvgIpc) is 3.24. The number of likely N-dealkylation sites (N-methyl/N-ethyl adjacent to an activating group) is 1. The highest BCUT2D eigenvalue weighted by molar-refractivity contribution is 7.13. The van der Waals surface area contributed by atoms with Crippen LogP contribution in [0.4, 0.5) is 17.6 Å². The third kappa shape index (κ3) is 4.24. The molecule has 4 aromatic heterocycles. The molecule has 5 heterocycles.